The Morgan fingerprint density at radius 1 is 0.611 bits per heavy atom. The second-order valence-corrected chi connectivity index (χ2v) is 15.1. The summed E-state index contributed by atoms with van der Waals surface area (Å²) in [5.74, 6) is 1.18. The molecule has 0 bridgehead atoms. The Bertz CT molecular complexity index is 1330. The number of hydrogen-bond donors (Lipinski definition) is 4. The van der Waals surface area contributed by atoms with E-state index in [1.165, 1.54) is 106 Å². The molecule has 54 heavy (non-hydrogen) atoms. The van der Waals surface area contributed by atoms with Crippen LogP contribution >= 0.6 is 0 Å². The van der Waals surface area contributed by atoms with Crippen molar-refractivity contribution in [2.45, 2.75) is 158 Å². The molecule has 2 rings (SSSR count). The van der Waals surface area contributed by atoms with Gasteiger partial charge in [0.1, 0.15) is 11.5 Å². The summed E-state index contributed by atoms with van der Waals surface area (Å²) in [6.07, 6.45) is 17.6. The molecule has 0 saturated carbocycles. The predicted octanol–water partition coefficient (Wildman–Crippen LogP) is 12.0. The SMILES string of the molecule is C.CCCCCc1cc(C=NCCN=Cc2cc(CCCC[N+](CCCC)(CCCC)CCCC)cc(C(C)C)c2O)c(O)c(C(C)C)c1.O=C(O)O.[Cr]. The van der Waals surface area contributed by atoms with Gasteiger partial charge in [-0.05, 0) is 97.6 Å². The summed E-state index contributed by atoms with van der Waals surface area (Å²) < 4.78 is 1.30. The maximum absolute atomic E-state index is 11.1. The Labute approximate surface area is 341 Å². The van der Waals surface area contributed by atoms with Crippen molar-refractivity contribution in [3.8, 4) is 11.5 Å². The molecule has 0 amide bonds. The molecule has 0 saturated heterocycles. The molecule has 0 aliphatic heterocycles. The van der Waals surface area contributed by atoms with Crippen LogP contribution in [0.2, 0.25) is 0 Å². The molecule has 0 aromatic heterocycles. The van der Waals surface area contributed by atoms with E-state index in [9.17, 15) is 10.2 Å². The first-order chi connectivity index (χ1) is 24.8. The fourth-order valence-electron chi connectivity index (χ4n) is 6.80. The van der Waals surface area contributed by atoms with Gasteiger partial charge in [0.15, 0.2) is 0 Å². The quantitative estimate of drug-likeness (QED) is 0.0453. The van der Waals surface area contributed by atoms with Gasteiger partial charge in [-0.25, -0.2) is 4.79 Å². The van der Waals surface area contributed by atoms with Crippen LogP contribution in [0.4, 0.5) is 4.79 Å². The fraction of sp³-hybridized carbons (Fsp3) is 0.667. The zero-order valence-electron chi connectivity index (χ0n) is 34.5. The summed E-state index contributed by atoms with van der Waals surface area (Å²) in [4.78, 5) is 17.8. The number of unbranched alkanes of at least 4 members (excludes halogenated alkanes) is 6. The largest absolute Gasteiger partial charge is 0.507 e. The number of quaternary nitrogens is 1. The molecule has 0 unspecified atom stereocenters. The zero-order valence-corrected chi connectivity index (χ0v) is 35.8. The molecule has 8 nitrogen and oxygen atoms in total. The van der Waals surface area contributed by atoms with Gasteiger partial charge in [-0.2, -0.15) is 0 Å². The molecule has 0 spiro atoms. The molecule has 0 aliphatic carbocycles. The van der Waals surface area contributed by atoms with E-state index in [1.807, 2.05) is 6.21 Å². The Morgan fingerprint density at radius 2 is 0.944 bits per heavy atom. The molecular formula is C45H78CrN3O5+. The summed E-state index contributed by atoms with van der Waals surface area (Å²) in [6.45, 7) is 24.0. The first kappa shape index (κ1) is 53.2. The summed E-state index contributed by atoms with van der Waals surface area (Å²) in [5, 5.41) is 36.0. The molecule has 0 radical (unpaired) electrons. The van der Waals surface area contributed by atoms with Gasteiger partial charge in [-0.1, -0.05) is 107 Å². The van der Waals surface area contributed by atoms with Crippen molar-refractivity contribution in [1.29, 1.82) is 0 Å². The van der Waals surface area contributed by atoms with Gasteiger partial charge in [-0.15, -0.1) is 0 Å². The van der Waals surface area contributed by atoms with Crippen molar-refractivity contribution < 1.29 is 47.1 Å². The smallest absolute Gasteiger partial charge is 0.503 e. The van der Waals surface area contributed by atoms with Crippen molar-refractivity contribution in [3.63, 3.8) is 0 Å². The second kappa shape index (κ2) is 30.4. The van der Waals surface area contributed by atoms with E-state index in [2.05, 4.69) is 89.6 Å². The number of phenols is 2. The van der Waals surface area contributed by atoms with Gasteiger partial charge in [0.25, 0.3) is 0 Å². The van der Waals surface area contributed by atoms with E-state index < -0.39 is 6.16 Å². The minimum atomic E-state index is -1.83. The number of aliphatic imine (C=N–C) groups is 2. The fourth-order valence-corrected chi connectivity index (χ4v) is 6.80. The number of carboxylic acid groups (broad SMARTS) is 2. The van der Waals surface area contributed by atoms with Crippen LogP contribution in [0.15, 0.2) is 34.3 Å². The van der Waals surface area contributed by atoms with Crippen LogP contribution in [0.1, 0.15) is 179 Å². The zero-order chi connectivity index (χ0) is 38.9. The van der Waals surface area contributed by atoms with E-state index in [4.69, 9.17) is 15.0 Å². The molecule has 0 fully saturated rings. The van der Waals surface area contributed by atoms with Crippen molar-refractivity contribution >= 4 is 18.6 Å². The first-order valence-electron chi connectivity index (χ1n) is 20.3. The van der Waals surface area contributed by atoms with Crippen LogP contribution < -0.4 is 0 Å². The molecule has 9 heteroatoms. The van der Waals surface area contributed by atoms with E-state index in [0.29, 0.717) is 24.6 Å². The topological polar surface area (TPSA) is 123 Å². The van der Waals surface area contributed by atoms with Gasteiger partial charge >= 0.3 is 6.16 Å². The van der Waals surface area contributed by atoms with E-state index in [0.717, 1.165) is 41.5 Å². The molecule has 0 heterocycles. The third kappa shape index (κ3) is 20.7. The maximum Gasteiger partial charge on any atom is 0.503 e. The molecule has 0 atom stereocenters. The van der Waals surface area contributed by atoms with Crippen LogP contribution in [0.5, 0.6) is 11.5 Å². The van der Waals surface area contributed by atoms with Crippen molar-refractivity contribution in [2.75, 3.05) is 39.3 Å². The number of phenolic OH excluding ortho intramolecular Hbond substituents is 2. The van der Waals surface area contributed by atoms with Crippen molar-refractivity contribution in [2.24, 2.45) is 9.98 Å². The van der Waals surface area contributed by atoms with Crippen molar-refractivity contribution in [1.82, 2.24) is 0 Å². The number of aromatic hydroxyl groups is 2. The average molecular weight is 793 g/mol. The Morgan fingerprint density at radius 3 is 1.28 bits per heavy atom. The standard InChI is InChI=1S/C43H71N3O2.CH2O3.CH4.Cr/c1-9-13-17-20-36-28-38(42(47)40(30-36)34(5)6)32-44-22-23-45-33-39-29-37(31-41(35(7)8)43(39)48)21-18-19-27-46(24-14-10-2,25-15-11-3)26-16-12-4;2-1(3)4;;/h28-35H,9-27H2,1-8H3,(H-,44,45,47,48);(H2,2,3,4);1H4;/p+1. The Kier molecular flexibility index (Phi) is 29.9. The van der Waals surface area contributed by atoms with Gasteiger partial charge in [0.05, 0.1) is 39.3 Å². The predicted molar refractivity (Wildman–Crippen MR) is 227 cm³/mol. The Hall–Kier alpha value is -2.86. The van der Waals surface area contributed by atoms with Gasteiger partial charge in [0.2, 0.25) is 0 Å². The summed E-state index contributed by atoms with van der Waals surface area (Å²) in [5.41, 5.74) is 6.14. The average Bonchev–Trinajstić information content (AvgIpc) is 3.10. The number of nitrogens with zero attached hydrogens (tertiary/aromatic N) is 3. The number of aryl methyl sites for hydroxylation is 2. The molecular weight excluding hydrogens is 715 g/mol. The minimum Gasteiger partial charge on any atom is -0.507 e. The number of hydrogen-bond acceptors (Lipinski definition) is 5. The number of benzene rings is 2. The van der Waals surface area contributed by atoms with Crippen LogP contribution in [0.3, 0.4) is 0 Å². The van der Waals surface area contributed by atoms with E-state index >= 15 is 0 Å². The van der Waals surface area contributed by atoms with Crippen LogP contribution in [-0.4, -0.2) is 82.8 Å². The van der Waals surface area contributed by atoms with Gasteiger partial charge < -0.3 is 24.9 Å². The third-order valence-electron chi connectivity index (χ3n) is 9.90. The molecule has 2 aromatic rings. The normalized spacial score (nSPS) is 11.5. The summed E-state index contributed by atoms with van der Waals surface area (Å²) in [7, 11) is 0. The van der Waals surface area contributed by atoms with Gasteiger partial charge in [0, 0.05) is 40.9 Å². The Balaban J connectivity index is 0. The van der Waals surface area contributed by atoms with Crippen LogP contribution in [0, 0.1) is 0 Å². The van der Waals surface area contributed by atoms with Crippen LogP contribution in [0.25, 0.3) is 0 Å². The monoisotopic (exact) mass is 793 g/mol. The van der Waals surface area contributed by atoms with Crippen LogP contribution in [-0.2, 0) is 30.2 Å². The van der Waals surface area contributed by atoms with Crippen molar-refractivity contribution in [3.05, 3.63) is 57.6 Å². The number of carbonyl (C=O) groups is 1. The maximum atomic E-state index is 11.1. The molecule has 2 aromatic carbocycles. The summed E-state index contributed by atoms with van der Waals surface area (Å²) in [6, 6.07) is 8.59. The number of rotatable bonds is 25. The molecule has 0 aliphatic rings. The van der Waals surface area contributed by atoms with E-state index in [1.54, 1.807) is 6.21 Å². The first-order valence-corrected chi connectivity index (χ1v) is 20.3. The van der Waals surface area contributed by atoms with E-state index in [-0.39, 0.29) is 36.6 Å². The van der Waals surface area contributed by atoms with Gasteiger partial charge in [-0.3, -0.25) is 9.98 Å². The molecule has 4 N–H and O–H groups in total. The second-order valence-electron chi connectivity index (χ2n) is 15.1. The third-order valence-corrected chi connectivity index (χ3v) is 9.90. The minimum absolute atomic E-state index is 0. The molecule has 308 valence electrons. The summed E-state index contributed by atoms with van der Waals surface area (Å²) >= 11 is 0.